The minimum atomic E-state index is -2.38. The molecular weight excluding hydrogens is 1700 g/mol. The lowest BCUT2D eigenvalue weighted by molar-refractivity contribution is -0.330. The number of aliphatic hydroxyl groups is 9. The quantitative estimate of drug-likeness (QED) is 0.0599. The fourth-order valence-corrected chi connectivity index (χ4v) is 16.7. The summed E-state index contributed by atoms with van der Waals surface area (Å²) in [6, 6.07) is 4.70. The van der Waals surface area contributed by atoms with E-state index in [1.54, 1.807) is 0 Å². The maximum atomic E-state index is 16.7. The molecular formula is C84H95Cl2N9O31. The summed E-state index contributed by atoms with van der Waals surface area (Å²) in [5.41, 5.74) is 10.8. The molecule has 9 aliphatic heterocycles. The van der Waals surface area contributed by atoms with Gasteiger partial charge in [-0.3, -0.25) is 28.8 Å². The predicted molar refractivity (Wildman–Crippen MR) is 433 cm³/mol. The molecule has 676 valence electrons. The number of ether oxygens (including phenoxy) is 11. The zero-order valence-corrected chi connectivity index (χ0v) is 69.1. The molecule has 29 atom stereocenters. The number of hydrogen-bond acceptors (Lipinski definition) is 33. The second-order valence-electron chi connectivity index (χ2n) is 31.7. The van der Waals surface area contributed by atoms with E-state index in [0.29, 0.717) is 0 Å². The zero-order valence-electron chi connectivity index (χ0n) is 67.6. The summed E-state index contributed by atoms with van der Waals surface area (Å²) in [6.07, 6.45) is -26.0. The Morgan fingerprint density at radius 2 is 1.17 bits per heavy atom. The van der Waals surface area contributed by atoms with Gasteiger partial charge in [-0.15, -0.1) is 0 Å². The Labute approximate surface area is 727 Å². The van der Waals surface area contributed by atoms with Crippen LogP contribution in [0.5, 0.6) is 51.7 Å². The average molecular weight is 1800 g/mol. The molecule has 4 saturated heterocycles. The van der Waals surface area contributed by atoms with E-state index >= 15 is 28.8 Å². The lowest BCUT2D eigenvalue weighted by Crippen LogP contribution is -2.62. The van der Waals surface area contributed by atoms with E-state index in [9.17, 15) is 71.2 Å². The lowest BCUT2D eigenvalue weighted by Gasteiger charge is -2.44. The number of aliphatic carboxylic acids is 1. The second-order valence-corrected chi connectivity index (χ2v) is 32.5. The van der Waals surface area contributed by atoms with Crippen molar-refractivity contribution < 1.29 is 152 Å². The van der Waals surface area contributed by atoms with Crippen LogP contribution < -0.4 is 67.6 Å². The van der Waals surface area contributed by atoms with Crippen LogP contribution in [0.25, 0.3) is 0 Å². The number of aromatic hydroxyl groups is 3. The van der Waals surface area contributed by atoms with E-state index in [1.807, 2.05) is 0 Å². The number of nitrogens with two attached hydrogens (primary N) is 2. The van der Waals surface area contributed by atoms with Crippen molar-refractivity contribution in [1.29, 1.82) is 0 Å². The number of hydrogen-bond donors (Lipinski definition) is 22. The van der Waals surface area contributed by atoms with E-state index in [2.05, 4.69) is 37.2 Å². The standard InChI is InChI=1S/C84H95Cl2N9O31/c1-30-65(101)46(87)27-55(117-30)124-72-37-12-19-51(45(86)22-37)122-53-24-38-23-52(73(53)126-84-75(71(107)69(105)54(29-96)123-84)125-56-28-47(88)66(102)31(2)118-56)120-40-15-8-34(9-16-40)68(104)63(94-76(108)58(89-4)33-6-13-41(14-7-33)121-83-74(116-5)70(106)67(103)32(3)119-83)80(112)91-60(36-11-18-49(99)44(85)21-36)77(109)92-61(38)79(111)90-59-35-10-17-48(98)42(20-35)57-43(25-39(97)26-50(57)100)62(82(114)115)93-81(113)64(72)95-78(59)110/h6-26,30-32,42,46-48,54-56,58-72,74-75,83-84,89,96-107H,27-29,87-88H2,1-5H3,(H,90,111)(H,91,112)(H,92,109)(H,93,113)(H,94,108)(H,95,110)(H,114,115)/t30-,31+,32-,42?,46-,47+,48?,54-,55+,56+,58+,59+,60+,61-,62?,63+,64-,65-,66+,67-,68+,69+,70+,71+,72-,74-,75-,83+,84-/m1/s1. The topological polar surface area (TPSA) is 620 Å². The minimum Gasteiger partial charge on any atom is -0.508 e. The van der Waals surface area contributed by atoms with Crippen LogP contribution >= 0.6 is 23.2 Å². The summed E-state index contributed by atoms with van der Waals surface area (Å²) in [4.78, 5) is 110. The van der Waals surface area contributed by atoms with Crippen LogP contribution in [-0.2, 0) is 66.7 Å². The number of nitrogens with one attached hydrogen (secondary N) is 7. The van der Waals surface area contributed by atoms with Gasteiger partial charge in [0.25, 0.3) is 0 Å². The van der Waals surface area contributed by atoms with E-state index in [1.165, 1.54) is 102 Å². The number of carboxylic acids is 1. The van der Waals surface area contributed by atoms with Crippen LogP contribution in [0.2, 0.25) is 10.0 Å². The number of phenols is 3. The van der Waals surface area contributed by atoms with Gasteiger partial charge in [0.2, 0.25) is 53.8 Å². The van der Waals surface area contributed by atoms with Crippen molar-refractivity contribution in [3.05, 3.63) is 182 Å². The van der Waals surface area contributed by atoms with Gasteiger partial charge in [0.15, 0.2) is 36.2 Å². The number of likely N-dealkylation sites (N-methyl/N-ethyl adjacent to an activating group) is 1. The number of aliphatic hydroxyl groups excluding tert-OH is 9. The number of methoxy groups -OCH3 is 1. The number of carboxylic acid groups (broad SMARTS) is 1. The molecule has 10 aliphatic rings. The Bertz CT molecular complexity index is 5110. The van der Waals surface area contributed by atoms with Gasteiger partial charge in [-0.1, -0.05) is 77.8 Å². The van der Waals surface area contributed by atoms with Gasteiger partial charge in [0.05, 0.1) is 53.3 Å². The molecule has 0 radical (unpaired) electrons. The molecule has 40 nitrogen and oxygen atoms in total. The summed E-state index contributed by atoms with van der Waals surface area (Å²) in [7, 11) is 2.69. The first-order chi connectivity index (χ1) is 60.0. The highest BCUT2D eigenvalue weighted by atomic mass is 35.5. The number of amides is 6. The third-order valence-corrected chi connectivity index (χ3v) is 23.8. The third-order valence-electron chi connectivity index (χ3n) is 23.2. The first-order valence-corrected chi connectivity index (χ1v) is 40.8. The van der Waals surface area contributed by atoms with Gasteiger partial charge in [0, 0.05) is 49.6 Å². The summed E-state index contributed by atoms with van der Waals surface area (Å²) < 4.78 is 69.1. The summed E-state index contributed by atoms with van der Waals surface area (Å²) in [5.74, 6) is -15.8. The number of carbonyl (C=O) groups excluding carboxylic acids is 6. The first kappa shape index (κ1) is 91.7. The van der Waals surface area contributed by atoms with E-state index in [0.717, 1.165) is 60.7 Å². The Morgan fingerprint density at radius 1 is 0.579 bits per heavy atom. The Kier molecular flexibility index (Phi) is 27.8. The second kappa shape index (κ2) is 38.2. The van der Waals surface area contributed by atoms with E-state index in [4.69, 9.17) is 86.8 Å². The van der Waals surface area contributed by atoms with Crippen molar-refractivity contribution in [2.75, 3.05) is 20.8 Å². The van der Waals surface area contributed by atoms with Gasteiger partial charge in [-0.05, 0) is 134 Å². The molecule has 1 aliphatic carbocycles. The SMILES string of the molecule is CN[C@H](C(=O)N[C@@H]1C(=O)N[C@@H](c2ccc(O)c(Cl)c2)C(=O)N[C@H]2C(=O)N[C@@H]3C(=O)N[C@@H](C(=O)NC(C(=O)O)c4cc(O)cc(O)c4C4C=C3C=CC4O)[C@H](O[C@H]3C[C@@H](N)[C@H](O)[C@@H](C)O3)c3ccc(c(Cl)c3)Oc3cc2cc(c3O[C@H]2O[C@H](CO)[C@H](O)[C@H](O)[C@H]2O[C@H]2C[C@H](N)[C@@H](O)[C@H](C)O2)Oc2ccc(cc2)[C@@H]1O)c1ccc(O[C@@H]2O[C@H](C)[C@@H](O)[C@H](O)[C@H]2OC)cc1. The summed E-state index contributed by atoms with van der Waals surface area (Å²) in [6.45, 7) is 3.48. The minimum absolute atomic E-state index is 0.119. The number of carbonyl (C=O) groups is 7. The van der Waals surface area contributed by atoms with E-state index in [-0.39, 0.29) is 57.9 Å². The average Bonchev–Trinajstić information content (AvgIpc) is 0.762. The van der Waals surface area contributed by atoms with Crippen molar-refractivity contribution in [3.63, 3.8) is 0 Å². The first-order valence-electron chi connectivity index (χ1n) is 40.0. The molecule has 0 aromatic heterocycles. The molecule has 0 saturated carbocycles. The maximum absolute atomic E-state index is 16.7. The van der Waals surface area contributed by atoms with Crippen molar-refractivity contribution in [3.8, 4) is 51.7 Å². The third kappa shape index (κ3) is 19.1. The predicted octanol–water partition coefficient (Wildman–Crippen LogP) is -0.151. The monoisotopic (exact) mass is 1800 g/mol. The highest BCUT2D eigenvalue weighted by Gasteiger charge is 2.52. The Balaban J connectivity index is 0.961. The summed E-state index contributed by atoms with van der Waals surface area (Å²) in [5, 5.41) is 165. The number of rotatable bonds is 16. The summed E-state index contributed by atoms with van der Waals surface area (Å²) >= 11 is 14.0. The highest BCUT2D eigenvalue weighted by molar-refractivity contribution is 6.32. The van der Waals surface area contributed by atoms with Crippen molar-refractivity contribution in [2.24, 2.45) is 11.5 Å². The molecule has 6 aromatic rings. The van der Waals surface area contributed by atoms with Crippen molar-refractivity contribution in [1.82, 2.24) is 37.2 Å². The fraction of sp³-hybridized carbons (Fsp3) is 0.440. The van der Waals surface area contributed by atoms with Gasteiger partial charge in [-0.25, -0.2) is 4.79 Å². The smallest absolute Gasteiger partial charge is 0.330 e. The maximum Gasteiger partial charge on any atom is 0.330 e. The molecule has 0 spiro atoms. The molecule has 16 rings (SSSR count). The Hall–Kier alpha value is -10.5. The van der Waals surface area contributed by atoms with Crippen LogP contribution in [0, 0.1) is 0 Å². The van der Waals surface area contributed by atoms with Gasteiger partial charge in [-0.2, -0.15) is 0 Å². The normalized spacial score (nSPS) is 33.8. The van der Waals surface area contributed by atoms with Crippen LogP contribution in [0.1, 0.15) is 115 Å². The largest absolute Gasteiger partial charge is 0.508 e. The molecule has 42 heteroatoms. The fourth-order valence-electron chi connectivity index (χ4n) is 16.3. The van der Waals surface area contributed by atoms with Gasteiger partial charge in [0.1, 0.15) is 120 Å². The van der Waals surface area contributed by atoms with Gasteiger partial charge < -0.3 is 167 Å². The zero-order chi connectivity index (χ0) is 90.5. The van der Waals surface area contributed by atoms with Crippen LogP contribution in [0.15, 0.2) is 133 Å². The molecule has 24 N–H and O–H groups in total. The molecule has 9 heterocycles. The lowest BCUT2D eigenvalue weighted by atomic mass is 9.80. The number of benzene rings is 6. The molecule has 3 unspecified atom stereocenters. The number of phenolic OH excluding ortho intramolecular Hbond substituents is 3. The van der Waals surface area contributed by atoms with E-state index < -0.39 is 286 Å². The Morgan fingerprint density at radius 3 is 1.79 bits per heavy atom. The van der Waals surface area contributed by atoms with Crippen molar-refractivity contribution >= 4 is 64.6 Å². The van der Waals surface area contributed by atoms with Crippen LogP contribution in [0.3, 0.4) is 0 Å². The van der Waals surface area contributed by atoms with Crippen molar-refractivity contribution in [2.45, 2.75) is 211 Å². The molecule has 6 amide bonds. The van der Waals surface area contributed by atoms with Crippen LogP contribution in [0.4, 0.5) is 0 Å². The molecule has 11 bridgehead atoms. The van der Waals surface area contributed by atoms with Gasteiger partial charge >= 0.3 is 5.97 Å². The van der Waals surface area contributed by atoms with Crippen LogP contribution in [-0.4, -0.2) is 263 Å². The number of fused-ring (bicyclic) bond motifs is 14. The highest BCUT2D eigenvalue weighted by Crippen LogP contribution is 2.50. The molecule has 4 fully saturated rings. The molecule has 6 aromatic carbocycles. The number of halogens is 2. The molecule has 126 heavy (non-hydrogen) atoms.